The zero-order valence-electron chi connectivity index (χ0n) is 7.50. The largest absolute Gasteiger partial charge is 0.385 e. The lowest BCUT2D eigenvalue weighted by Crippen LogP contribution is -2.22. The fourth-order valence-electron chi connectivity index (χ4n) is 0.885. The third-order valence-electron chi connectivity index (χ3n) is 1.68. The highest BCUT2D eigenvalue weighted by atomic mass is 79.9. The Morgan fingerprint density at radius 2 is 1.73 bits per heavy atom. The molecule has 0 aromatic heterocycles. The number of hydrogen-bond donors (Lipinski definition) is 1. The normalized spacial score (nSPS) is 14.5. The SMILES string of the molecule is O[C@@H](/C=C/c1ccc(Br)cc1)C(Cl)(Cl)Cl. The van der Waals surface area contributed by atoms with Crippen LogP contribution in [0.25, 0.3) is 6.08 Å². The second-order valence-corrected chi connectivity index (χ2v) is 6.18. The summed E-state index contributed by atoms with van der Waals surface area (Å²) in [5, 5.41) is 9.41. The Bertz CT molecular complexity index is 343. The maximum atomic E-state index is 9.41. The molecule has 0 fully saturated rings. The molecule has 0 bridgehead atoms. The van der Waals surface area contributed by atoms with Crippen molar-refractivity contribution in [2.75, 3.05) is 0 Å². The smallest absolute Gasteiger partial charge is 0.219 e. The monoisotopic (exact) mass is 328 g/mol. The molecule has 0 heterocycles. The van der Waals surface area contributed by atoms with Gasteiger partial charge >= 0.3 is 0 Å². The van der Waals surface area contributed by atoms with E-state index in [1.807, 2.05) is 24.3 Å². The highest BCUT2D eigenvalue weighted by Gasteiger charge is 2.28. The van der Waals surface area contributed by atoms with Crippen molar-refractivity contribution in [2.45, 2.75) is 9.90 Å². The second-order valence-electron chi connectivity index (χ2n) is 2.90. The predicted molar refractivity (Wildman–Crippen MR) is 69.5 cm³/mol. The van der Waals surface area contributed by atoms with Crippen LogP contribution < -0.4 is 0 Å². The molecular weight excluding hydrogens is 322 g/mol. The molecule has 0 aliphatic carbocycles. The van der Waals surface area contributed by atoms with E-state index in [1.54, 1.807) is 6.08 Å². The van der Waals surface area contributed by atoms with Gasteiger partial charge in [-0.3, -0.25) is 0 Å². The van der Waals surface area contributed by atoms with Crippen LogP contribution in [0.15, 0.2) is 34.8 Å². The molecule has 0 saturated heterocycles. The zero-order valence-corrected chi connectivity index (χ0v) is 11.4. The molecule has 1 rings (SSSR count). The molecule has 1 aromatic carbocycles. The fraction of sp³-hybridized carbons (Fsp3) is 0.200. The highest BCUT2D eigenvalue weighted by Crippen LogP contribution is 2.31. The lowest BCUT2D eigenvalue weighted by atomic mass is 10.2. The van der Waals surface area contributed by atoms with E-state index < -0.39 is 9.90 Å². The molecule has 82 valence electrons. The fourth-order valence-corrected chi connectivity index (χ4v) is 1.37. The Morgan fingerprint density at radius 1 is 1.20 bits per heavy atom. The molecule has 0 unspecified atom stereocenters. The first-order chi connectivity index (χ1) is 6.89. The Balaban J connectivity index is 2.70. The van der Waals surface area contributed by atoms with Crippen LogP contribution in [0.1, 0.15) is 5.56 Å². The van der Waals surface area contributed by atoms with Crippen molar-refractivity contribution in [3.63, 3.8) is 0 Å². The molecule has 1 nitrogen and oxygen atoms in total. The highest BCUT2D eigenvalue weighted by molar-refractivity contribution is 9.10. The van der Waals surface area contributed by atoms with Crippen LogP contribution in [-0.4, -0.2) is 15.0 Å². The van der Waals surface area contributed by atoms with Crippen molar-refractivity contribution in [2.24, 2.45) is 0 Å². The van der Waals surface area contributed by atoms with Gasteiger partial charge in [0.2, 0.25) is 3.79 Å². The van der Waals surface area contributed by atoms with E-state index in [0.29, 0.717) is 0 Å². The van der Waals surface area contributed by atoms with Crippen molar-refractivity contribution in [1.29, 1.82) is 0 Å². The Morgan fingerprint density at radius 3 is 2.20 bits per heavy atom. The molecule has 0 radical (unpaired) electrons. The van der Waals surface area contributed by atoms with Crippen LogP contribution >= 0.6 is 50.7 Å². The molecule has 15 heavy (non-hydrogen) atoms. The topological polar surface area (TPSA) is 20.2 Å². The molecule has 1 N–H and O–H groups in total. The van der Waals surface area contributed by atoms with Crippen LogP contribution in [0.4, 0.5) is 0 Å². The van der Waals surface area contributed by atoms with Crippen molar-refractivity contribution in [3.05, 3.63) is 40.4 Å². The number of hydrogen-bond acceptors (Lipinski definition) is 1. The molecular formula is C10H8BrCl3O. The molecule has 0 spiro atoms. The van der Waals surface area contributed by atoms with E-state index >= 15 is 0 Å². The first-order valence-electron chi connectivity index (χ1n) is 4.08. The van der Waals surface area contributed by atoms with Crippen molar-refractivity contribution in [3.8, 4) is 0 Å². The number of aliphatic hydroxyl groups is 1. The number of aliphatic hydroxyl groups excluding tert-OH is 1. The Kier molecular flexibility index (Phi) is 4.94. The summed E-state index contributed by atoms with van der Waals surface area (Å²) >= 11 is 19.8. The van der Waals surface area contributed by atoms with Gasteiger partial charge in [0.1, 0.15) is 6.10 Å². The number of rotatable bonds is 2. The van der Waals surface area contributed by atoms with Gasteiger partial charge in [-0.25, -0.2) is 0 Å². The average Bonchev–Trinajstić information content (AvgIpc) is 2.15. The zero-order chi connectivity index (χ0) is 11.5. The van der Waals surface area contributed by atoms with Crippen molar-refractivity contribution < 1.29 is 5.11 Å². The molecule has 0 amide bonds. The van der Waals surface area contributed by atoms with Gasteiger partial charge in [-0.15, -0.1) is 0 Å². The van der Waals surface area contributed by atoms with Gasteiger partial charge < -0.3 is 5.11 Å². The van der Waals surface area contributed by atoms with Gasteiger partial charge in [0, 0.05) is 4.47 Å². The molecule has 0 saturated carbocycles. The summed E-state index contributed by atoms with van der Waals surface area (Å²) in [6.45, 7) is 0. The number of alkyl halides is 3. The van der Waals surface area contributed by atoms with E-state index in [9.17, 15) is 5.11 Å². The van der Waals surface area contributed by atoms with E-state index in [1.165, 1.54) is 6.08 Å². The van der Waals surface area contributed by atoms with Gasteiger partial charge in [0.25, 0.3) is 0 Å². The minimum atomic E-state index is -1.69. The summed E-state index contributed by atoms with van der Waals surface area (Å²) in [5.74, 6) is 0. The lowest BCUT2D eigenvalue weighted by Gasteiger charge is -2.14. The van der Waals surface area contributed by atoms with Crippen molar-refractivity contribution >= 4 is 56.8 Å². The average molecular weight is 330 g/mol. The molecule has 5 heteroatoms. The quantitative estimate of drug-likeness (QED) is 0.806. The summed E-state index contributed by atoms with van der Waals surface area (Å²) in [6.07, 6.45) is 2.01. The second kappa shape index (κ2) is 5.55. The van der Waals surface area contributed by atoms with Gasteiger partial charge in [0.05, 0.1) is 0 Å². The van der Waals surface area contributed by atoms with Crippen LogP contribution in [0.5, 0.6) is 0 Å². The van der Waals surface area contributed by atoms with Gasteiger partial charge in [-0.05, 0) is 17.7 Å². The maximum Gasteiger partial charge on any atom is 0.219 e. The van der Waals surface area contributed by atoms with Crippen LogP contribution in [0, 0.1) is 0 Å². The Hall–Kier alpha value is 0.270. The van der Waals surface area contributed by atoms with E-state index in [2.05, 4.69) is 15.9 Å². The third-order valence-corrected chi connectivity index (χ3v) is 2.88. The van der Waals surface area contributed by atoms with E-state index in [-0.39, 0.29) is 0 Å². The van der Waals surface area contributed by atoms with Crippen LogP contribution in [0.3, 0.4) is 0 Å². The van der Waals surface area contributed by atoms with Gasteiger partial charge in [-0.2, -0.15) is 0 Å². The summed E-state index contributed by atoms with van der Waals surface area (Å²) in [6, 6.07) is 7.54. The van der Waals surface area contributed by atoms with Crippen molar-refractivity contribution in [1.82, 2.24) is 0 Å². The summed E-state index contributed by atoms with van der Waals surface area (Å²) in [4.78, 5) is 0. The van der Waals surface area contributed by atoms with Crippen LogP contribution in [-0.2, 0) is 0 Å². The first-order valence-corrected chi connectivity index (χ1v) is 6.01. The molecule has 1 atom stereocenters. The lowest BCUT2D eigenvalue weighted by molar-refractivity contribution is 0.228. The minimum Gasteiger partial charge on any atom is -0.385 e. The van der Waals surface area contributed by atoms with E-state index in [0.717, 1.165) is 10.0 Å². The third kappa shape index (κ3) is 4.75. The summed E-state index contributed by atoms with van der Waals surface area (Å²) < 4.78 is -0.701. The number of benzene rings is 1. The molecule has 1 aromatic rings. The first kappa shape index (κ1) is 13.3. The van der Waals surface area contributed by atoms with Crippen LogP contribution in [0.2, 0.25) is 0 Å². The minimum absolute atomic E-state index is 0.923. The summed E-state index contributed by atoms with van der Waals surface area (Å²) in [5.41, 5.74) is 0.923. The summed E-state index contributed by atoms with van der Waals surface area (Å²) in [7, 11) is 0. The Labute approximate surface area is 112 Å². The van der Waals surface area contributed by atoms with E-state index in [4.69, 9.17) is 34.8 Å². The molecule has 0 aliphatic heterocycles. The predicted octanol–water partition coefficient (Wildman–Crippen LogP) is 4.19. The van der Waals surface area contributed by atoms with Gasteiger partial charge in [0.15, 0.2) is 0 Å². The van der Waals surface area contributed by atoms with Gasteiger partial charge in [-0.1, -0.05) is 75.0 Å². The molecule has 0 aliphatic rings. The number of halogens is 4. The standard InChI is InChI=1S/C10H8BrCl3O/c11-8-4-1-7(2-5-8)3-6-9(15)10(12,13)14/h1-6,9,15H/b6-3+/t9-/m0/s1. The maximum absolute atomic E-state index is 9.41.